The molecule has 1 N–H and O–H groups in total. The highest BCUT2D eigenvalue weighted by Gasteiger charge is 2.23. The smallest absolute Gasteiger partial charge is 0.138 e. The van der Waals surface area contributed by atoms with Gasteiger partial charge in [0.2, 0.25) is 0 Å². The second kappa shape index (κ2) is 4.70. The van der Waals surface area contributed by atoms with E-state index in [1.54, 1.807) is 7.11 Å². The zero-order valence-electron chi connectivity index (χ0n) is 8.22. The summed E-state index contributed by atoms with van der Waals surface area (Å²) in [6, 6.07) is 3.86. The van der Waals surface area contributed by atoms with Crippen LogP contribution in [0, 0.1) is 0 Å². The van der Waals surface area contributed by atoms with Crippen molar-refractivity contribution in [3.05, 3.63) is 27.2 Å². The third-order valence-corrected chi connectivity index (χ3v) is 3.13. The number of hydroxylamine groups is 1. The Kier molecular flexibility index (Phi) is 3.51. The second-order valence-corrected chi connectivity index (χ2v) is 4.61. The zero-order valence-corrected chi connectivity index (χ0v) is 10.6. The lowest BCUT2D eigenvalue weighted by atomic mass is 10.0. The van der Waals surface area contributed by atoms with E-state index in [9.17, 15) is 0 Å². The molecule has 0 amide bonds. The molecule has 0 aliphatic carbocycles. The van der Waals surface area contributed by atoms with Crippen molar-refractivity contribution in [2.24, 2.45) is 0 Å². The first-order valence-corrected chi connectivity index (χ1v) is 5.79. The van der Waals surface area contributed by atoms with E-state index in [-0.39, 0.29) is 6.04 Å². The maximum absolute atomic E-state index is 5.99. The van der Waals surface area contributed by atoms with Crippen molar-refractivity contribution in [3.63, 3.8) is 0 Å². The molecule has 1 heterocycles. The van der Waals surface area contributed by atoms with E-state index in [0.29, 0.717) is 11.6 Å². The van der Waals surface area contributed by atoms with Gasteiger partial charge in [-0.2, -0.15) is 5.48 Å². The first-order valence-electron chi connectivity index (χ1n) is 4.62. The van der Waals surface area contributed by atoms with Gasteiger partial charge in [0.1, 0.15) is 5.75 Å². The van der Waals surface area contributed by atoms with Crippen LogP contribution in [0.4, 0.5) is 0 Å². The molecule has 0 aromatic heterocycles. The average molecular weight is 293 g/mol. The number of halogens is 2. The van der Waals surface area contributed by atoms with Crippen molar-refractivity contribution in [2.45, 2.75) is 12.5 Å². The van der Waals surface area contributed by atoms with E-state index in [2.05, 4.69) is 21.4 Å². The Morgan fingerprint density at radius 1 is 1.60 bits per heavy atom. The predicted molar refractivity (Wildman–Crippen MR) is 62.1 cm³/mol. The maximum atomic E-state index is 5.99. The van der Waals surface area contributed by atoms with Gasteiger partial charge in [-0.3, -0.25) is 0 Å². The van der Waals surface area contributed by atoms with Gasteiger partial charge in [0.15, 0.2) is 0 Å². The van der Waals surface area contributed by atoms with Gasteiger partial charge in [-0.25, -0.2) is 0 Å². The van der Waals surface area contributed by atoms with Crippen LogP contribution < -0.4 is 10.2 Å². The lowest BCUT2D eigenvalue weighted by molar-refractivity contribution is 0.0461. The molecule has 82 valence electrons. The molecule has 0 saturated carbocycles. The van der Waals surface area contributed by atoms with Gasteiger partial charge in [-0.1, -0.05) is 11.6 Å². The minimum atomic E-state index is 0.133. The molecular weight excluding hydrogens is 281 g/mol. The molecule has 5 heteroatoms. The molecule has 1 aromatic rings. The summed E-state index contributed by atoms with van der Waals surface area (Å²) in [6.45, 7) is 0.675. The molecule has 1 aromatic carbocycles. The van der Waals surface area contributed by atoms with E-state index < -0.39 is 0 Å². The first kappa shape index (κ1) is 11.2. The fraction of sp³-hybridized carbons (Fsp3) is 0.400. The number of hydrogen-bond donors (Lipinski definition) is 1. The number of ether oxygens (including phenoxy) is 1. The SMILES string of the molecule is CONC1CCOc2c(Br)cc(Cl)cc21. The van der Waals surface area contributed by atoms with Gasteiger partial charge in [-0.05, 0) is 28.1 Å². The summed E-state index contributed by atoms with van der Waals surface area (Å²) in [6.07, 6.45) is 0.869. The molecule has 2 rings (SSSR count). The fourth-order valence-corrected chi connectivity index (χ4v) is 2.64. The van der Waals surface area contributed by atoms with E-state index in [0.717, 1.165) is 22.2 Å². The lowest BCUT2D eigenvalue weighted by Crippen LogP contribution is -2.26. The van der Waals surface area contributed by atoms with Crippen molar-refractivity contribution < 1.29 is 9.57 Å². The Morgan fingerprint density at radius 2 is 2.40 bits per heavy atom. The van der Waals surface area contributed by atoms with Gasteiger partial charge in [0, 0.05) is 17.0 Å². The van der Waals surface area contributed by atoms with Crippen LogP contribution in [0.2, 0.25) is 5.02 Å². The average Bonchev–Trinajstić information content (AvgIpc) is 2.19. The maximum Gasteiger partial charge on any atom is 0.138 e. The highest BCUT2D eigenvalue weighted by atomic mass is 79.9. The third kappa shape index (κ3) is 2.28. The Morgan fingerprint density at radius 3 is 3.13 bits per heavy atom. The van der Waals surface area contributed by atoms with Crippen molar-refractivity contribution in [1.29, 1.82) is 0 Å². The Hall–Kier alpha value is -0.290. The molecule has 1 aliphatic rings. The fourth-order valence-electron chi connectivity index (χ4n) is 1.69. The Bertz CT molecular complexity index is 373. The van der Waals surface area contributed by atoms with Crippen LogP contribution in [0.3, 0.4) is 0 Å². The summed E-state index contributed by atoms with van der Waals surface area (Å²) in [4.78, 5) is 4.95. The van der Waals surface area contributed by atoms with Crippen molar-refractivity contribution in [1.82, 2.24) is 5.48 Å². The van der Waals surface area contributed by atoms with E-state index >= 15 is 0 Å². The molecule has 3 nitrogen and oxygen atoms in total. The molecule has 0 spiro atoms. The highest BCUT2D eigenvalue weighted by Crippen LogP contribution is 2.39. The molecule has 15 heavy (non-hydrogen) atoms. The van der Waals surface area contributed by atoms with Crippen LogP contribution in [-0.4, -0.2) is 13.7 Å². The Balaban J connectivity index is 2.41. The van der Waals surface area contributed by atoms with Crippen LogP contribution in [-0.2, 0) is 4.84 Å². The summed E-state index contributed by atoms with van der Waals surface area (Å²) >= 11 is 9.43. The molecule has 0 fully saturated rings. The highest BCUT2D eigenvalue weighted by molar-refractivity contribution is 9.10. The van der Waals surface area contributed by atoms with E-state index in [1.165, 1.54) is 0 Å². The quantitative estimate of drug-likeness (QED) is 0.850. The minimum Gasteiger partial charge on any atom is -0.492 e. The molecule has 0 bridgehead atoms. The normalized spacial score (nSPS) is 19.5. The number of fused-ring (bicyclic) bond motifs is 1. The van der Waals surface area contributed by atoms with Crippen LogP contribution in [0.15, 0.2) is 16.6 Å². The summed E-state index contributed by atoms with van der Waals surface area (Å²) in [5.41, 5.74) is 3.97. The van der Waals surface area contributed by atoms with E-state index in [4.69, 9.17) is 21.2 Å². The number of rotatable bonds is 2. The van der Waals surface area contributed by atoms with Gasteiger partial charge >= 0.3 is 0 Å². The third-order valence-electron chi connectivity index (χ3n) is 2.33. The van der Waals surface area contributed by atoms with Gasteiger partial charge < -0.3 is 9.57 Å². The van der Waals surface area contributed by atoms with Crippen molar-refractivity contribution in [3.8, 4) is 5.75 Å². The van der Waals surface area contributed by atoms with Crippen molar-refractivity contribution in [2.75, 3.05) is 13.7 Å². The number of nitrogens with one attached hydrogen (secondary N) is 1. The minimum absolute atomic E-state index is 0.133. The molecular formula is C10H11BrClNO2. The molecule has 1 unspecified atom stereocenters. The van der Waals surface area contributed by atoms with Crippen LogP contribution in [0.25, 0.3) is 0 Å². The van der Waals surface area contributed by atoms with Crippen LogP contribution in [0.5, 0.6) is 5.75 Å². The lowest BCUT2D eigenvalue weighted by Gasteiger charge is -2.26. The molecule has 0 saturated heterocycles. The molecule has 1 atom stereocenters. The summed E-state index contributed by atoms with van der Waals surface area (Å²) in [5.74, 6) is 0.847. The summed E-state index contributed by atoms with van der Waals surface area (Å²) in [7, 11) is 1.61. The molecule has 0 radical (unpaired) electrons. The van der Waals surface area contributed by atoms with Gasteiger partial charge in [0.05, 0.1) is 24.2 Å². The topological polar surface area (TPSA) is 30.5 Å². The van der Waals surface area contributed by atoms with Crippen LogP contribution >= 0.6 is 27.5 Å². The van der Waals surface area contributed by atoms with Gasteiger partial charge in [-0.15, -0.1) is 0 Å². The number of benzene rings is 1. The number of hydrogen-bond acceptors (Lipinski definition) is 3. The van der Waals surface area contributed by atoms with Gasteiger partial charge in [0.25, 0.3) is 0 Å². The monoisotopic (exact) mass is 291 g/mol. The zero-order chi connectivity index (χ0) is 10.8. The van der Waals surface area contributed by atoms with Crippen LogP contribution in [0.1, 0.15) is 18.0 Å². The largest absolute Gasteiger partial charge is 0.492 e. The summed E-state index contributed by atoms with van der Waals surface area (Å²) in [5, 5.41) is 0.689. The first-order chi connectivity index (χ1) is 7.22. The predicted octanol–water partition coefficient (Wildman–Crippen LogP) is 3.08. The van der Waals surface area contributed by atoms with Crippen molar-refractivity contribution >= 4 is 27.5 Å². The summed E-state index contributed by atoms with van der Waals surface area (Å²) < 4.78 is 6.47. The second-order valence-electron chi connectivity index (χ2n) is 3.32. The Labute approximate surface area is 102 Å². The molecule has 1 aliphatic heterocycles. The van der Waals surface area contributed by atoms with E-state index in [1.807, 2.05) is 12.1 Å². The standard InChI is InChI=1S/C10H11BrClNO2/c1-14-13-9-2-3-15-10-7(9)4-6(12)5-8(10)11/h4-5,9,13H,2-3H2,1H3.